The Morgan fingerprint density at radius 3 is 1.46 bits per heavy atom. The van der Waals surface area contributed by atoms with Crippen LogP contribution in [-0.4, -0.2) is 6.71 Å². The molecule has 0 unspecified atom stereocenters. The summed E-state index contributed by atoms with van der Waals surface area (Å²) in [6, 6.07) is 65.0. The van der Waals surface area contributed by atoms with Crippen molar-refractivity contribution < 1.29 is 4.42 Å². The summed E-state index contributed by atoms with van der Waals surface area (Å²) in [6.45, 7) is 33.5. The molecule has 0 spiro atoms. The number of hydrogen-bond acceptors (Lipinski definition) is 4. The van der Waals surface area contributed by atoms with Crippen LogP contribution in [0.4, 0.5) is 51.4 Å². The molecular formula is C74H78BN3O. The number of anilines is 9. The van der Waals surface area contributed by atoms with E-state index in [4.69, 9.17) is 4.42 Å². The maximum Gasteiger partial charge on any atom is 0.257 e. The molecule has 9 aromatic rings. The summed E-state index contributed by atoms with van der Waals surface area (Å²) in [5, 5.41) is 1.22. The van der Waals surface area contributed by atoms with Gasteiger partial charge in [-0.1, -0.05) is 188 Å². The minimum Gasteiger partial charge on any atom is -0.440 e. The molecular weight excluding hydrogens is 958 g/mol. The van der Waals surface area contributed by atoms with E-state index in [9.17, 15) is 0 Å². The summed E-state index contributed by atoms with van der Waals surface area (Å²) in [4.78, 5) is 7.64. The van der Waals surface area contributed by atoms with E-state index in [1.54, 1.807) is 0 Å². The Balaban J connectivity index is 1.23. The Bertz CT molecular complexity index is 3830. The average molecular weight is 1040 g/mol. The minimum atomic E-state index is -0.161. The van der Waals surface area contributed by atoms with Gasteiger partial charge in [-0.15, -0.1) is 0 Å². The fraction of sp³-hybridized carbons (Fsp3) is 0.324. The zero-order chi connectivity index (χ0) is 55.3. The van der Waals surface area contributed by atoms with E-state index in [0.717, 1.165) is 65.6 Å². The van der Waals surface area contributed by atoms with Gasteiger partial charge in [0.2, 0.25) is 5.88 Å². The molecule has 0 saturated carbocycles. The Labute approximate surface area is 471 Å². The summed E-state index contributed by atoms with van der Waals surface area (Å²) in [5.41, 5.74) is 24.5. The molecule has 0 atom stereocenters. The first-order chi connectivity index (χ1) is 37.4. The number of rotatable bonds is 6. The van der Waals surface area contributed by atoms with Gasteiger partial charge in [0.15, 0.2) is 0 Å². The van der Waals surface area contributed by atoms with E-state index in [-0.39, 0.29) is 39.2 Å². The predicted octanol–water partition coefficient (Wildman–Crippen LogP) is 18.9. The lowest BCUT2D eigenvalue weighted by molar-refractivity contribution is 0.332. The molecule has 8 aromatic carbocycles. The first-order valence-electron chi connectivity index (χ1n) is 29.2. The molecule has 0 bridgehead atoms. The number of furan rings is 1. The summed E-state index contributed by atoms with van der Waals surface area (Å²) in [7, 11) is 0. The normalized spacial score (nSPS) is 17.4. The van der Waals surface area contributed by atoms with Crippen LogP contribution in [0.3, 0.4) is 0 Å². The van der Waals surface area contributed by atoms with E-state index in [1.165, 1.54) is 83.3 Å². The maximum atomic E-state index is 7.74. The van der Waals surface area contributed by atoms with Gasteiger partial charge in [0.1, 0.15) is 5.58 Å². The fourth-order valence-electron chi connectivity index (χ4n) is 14.0. The monoisotopic (exact) mass is 1040 g/mol. The third-order valence-electron chi connectivity index (χ3n) is 19.1. The van der Waals surface area contributed by atoms with E-state index in [2.05, 4.69) is 281 Å². The largest absolute Gasteiger partial charge is 0.440 e. The summed E-state index contributed by atoms with van der Waals surface area (Å²) < 4.78 is 7.74. The van der Waals surface area contributed by atoms with Crippen LogP contribution in [0.2, 0.25) is 0 Å². The van der Waals surface area contributed by atoms with Crippen LogP contribution < -0.4 is 31.1 Å². The standard InChI is InChI=1S/C74H78BN3O/c1-69(2,3)48-30-33-52(34-31-48)77-63-41-53(76(50-26-20-16-21-27-50)51-28-22-17-23-29-51)42-64-67(63)75(66-55-43-56-59(46-65(55)79-68(66)77)74(13,14)39-36-71(56,7)8)60-44-57-58(73(11,12)38-37-72(57,9)10)45-62(60)78(64)61-35-32-49(70(4,5)6)40-54(61)47-24-18-15-19-25-47/h15-35,40-46H,36-39H2,1-14H3. The fourth-order valence-corrected chi connectivity index (χ4v) is 14.0. The van der Waals surface area contributed by atoms with Crippen LogP contribution in [0.1, 0.15) is 156 Å². The van der Waals surface area contributed by atoms with Crippen molar-refractivity contribution in [3.63, 3.8) is 0 Å². The first kappa shape index (κ1) is 51.2. The van der Waals surface area contributed by atoms with Gasteiger partial charge in [0, 0.05) is 50.5 Å². The summed E-state index contributed by atoms with van der Waals surface area (Å²) in [6.07, 6.45) is 4.51. The van der Waals surface area contributed by atoms with Crippen molar-refractivity contribution in [2.24, 2.45) is 0 Å². The topological polar surface area (TPSA) is 22.9 Å². The molecule has 4 nitrogen and oxygen atoms in total. The van der Waals surface area contributed by atoms with Gasteiger partial charge in [-0.05, 0) is 187 Å². The number of fused-ring (bicyclic) bond motifs is 8. The van der Waals surface area contributed by atoms with Crippen LogP contribution in [0.5, 0.6) is 0 Å². The SMILES string of the molecule is CC(C)(C)c1ccc(N2c3cc(N(c4ccccc4)c4ccccc4)cc4c3B(c3cc5c(cc3N4c3ccc(C(C)(C)C)cc3-c3ccccc3)C(C)(C)CCC5(C)C)c3c2oc2cc4c(cc32)C(C)(C)CCC4(C)C)cc1. The summed E-state index contributed by atoms with van der Waals surface area (Å²) in [5.74, 6) is 0.902. The van der Waals surface area contributed by atoms with E-state index in [0.29, 0.717) is 0 Å². The summed E-state index contributed by atoms with van der Waals surface area (Å²) >= 11 is 0. The lowest BCUT2D eigenvalue weighted by Crippen LogP contribution is -2.61. The van der Waals surface area contributed by atoms with Crippen molar-refractivity contribution in [2.75, 3.05) is 14.7 Å². The molecule has 0 saturated heterocycles. The van der Waals surface area contributed by atoms with Gasteiger partial charge in [0.25, 0.3) is 6.71 Å². The Morgan fingerprint density at radius 1 is 0.430 bits per heavy atom. The van der Waals surface area contributed by atoms with Crippen LogP contribution in [0.15, 0.2) is 174 Å². The Morgan fingerprint density at radius 2 is 0.911 bits per heavy atom. The van der Waals surface area contributed by atoms with Crippen molar-refractivity contribution in [3.8, 4) is 11.1 Å². The highest BCUT2D eigenvalue weighted by Gasteiger charge is 2.50. The number of nitrogens with zero attached hydrogens (tertiary/aromatic N) is 3. The molecule has 0 N–H and O–H groups in total. The molecule has 79 heavy (non-hydrogen) atoms. The van der Waals surface area contributed by atoms with Crippen LogP contribution in [0.25, 0.3) is 22.1 Å². The molecule has 2 aliphatic carbocycles. The third-order valence-corrected chi connectivity index (χ3v) is 19.1. The third kappa shape index (κ3) is 8.22. The van der Waals surface area contributed by atoms with Crippen molar-refractivity contribution in [1.82, 2.24) is 0 Å². The predicted molar refractivity (Wildman–Crippen MR) is 338 cm³/mol. The second-order valence-electron chi connectivity index (χ2n) is 28.4. The number of hydrogen-bond donors (Lipinski definition) is 0. The van der Waals surface area contributed by atoms with E-state index in [1.807, 2.05) is 0 Å². The highest BCUT2D eigenvalue weighted by atomic mass is 16.4. The van der Waals surface area contributed by atoms with Crippen molar-refractivity contribution in [2.45, 2.75) is 155 Å². The van der Waals surface area contributed by atoms with Crippen LogP contribution in [-0.2, 0) is 32.5 Å². The van der Waals surface area contributed by atoms with E-state index < -0.39 is 0 Å². The number of benzene rings is 8. The zero-order valence-electron chi connectivity index (χ0n) is 49.3. The quantitative estimate of drug-likeness (QED) is 0.155. The zero-order valence-corrected chi connectivity index (χ0v) is 49.3. The molecule has 0 radical (unpaired) electrons. The van der Waals surface area contributed by atoms with Gasteiger partial charge in [-0.25, -0.2) is 0 Å². The molecule has 398 valence electrons. The maximum absolute atomic E-state index is 7.74. The van der Waals surface area contributed by atoms with Gasteiger partial charge >= 0.3 is 0 Å². The van der Waals surface area contributed by atoms with Crippen molar-refractivity contribution >= 4 is 85.5 Å². The van der Waals surface area contributed by atoms with Gasteiger partial charge in [-0.3, -0.25) is 4.90 Å². The second kappa shape index (κ2) is 17.6. The lowest BCUT2D eigenvalue weighted by atomic mass is 9.33. The molecule has 4 aliphatic rings. The molecule has 0 amide bonds. The average Bonchev–Trinajstić information content (AvgIpc) is 3.29. The smallest absolute Gasteiger partial charge is 0.257 e. The first-order valence-corrected chi connectivity index (χ1v) is 29.2. The Hall–Kier alpha value is -7.24. The highest BCUT2D eigenvalue weighted by molar-refractivity contribution is 7.01. The van der Waals surface area contributed by atoms with Crippen molar-refractivity contribution in [3.05, 3.63) is 203 Å². The Kier molecular flexibility index (Phi) is 11.4. The minimum absolute atomic E-state index is 0.000348. The van der Waals surface area contributed by atoms with Crippen LogP contribution in [0, 0.1) is 0 Å². The van der Waals surface area contributed by atoms with Gasteiger partial charge in [-0.2, -0.15) is 0 Å². The van der Waals surface area contributed by atoms with Gasteiger partial charge in [0.05, 0.1) is 11.4 Å². The molecule has 0 fully saturated rings. The molecule has 2 aliphatic heterocycles. The van der Waals surface area contributed by atoms with E-state index >= 15 is 0 Å². The molecule has 3 heterocycles. The van der Waals surface area contributed by atoms with Gasteiger partial charge < -0.3 is 14.2 Å². The molecule has 5 heteroatoms. The second-order valence-corrected chi connectivity index (χ2v) is 28.4. The highest BCUT2D eigenvalue weighted by Crippen LogP contribution is 2.55. The molecule has 13 rings (SSSR count). The van der Waals surface area contributed by atoms with Crippen LogP contribution >= 0.6 is 0 Å². The number of para-hydroxylation sites is 2. The molecule has 1 aromatic heterocycles. The lowest BCUT2D eigenvalue weighted by Gasteiger charge is -2.47. The van der Waals surface area contributed by atoms with Crippen molar-refractivity contribution in [1.29, 1.82) is 0 Å².